The number of halogens is 1. The number of aromatic nitrogens is 1. The standard InChI is InChI=1S/C14H16ClN3/c1-10-5-3-4-6-13(10)18(2)9-12-11(15)7-8-14(16)17-12/h3-8H,9H2,1-2H3,(H2,16,17). The van der Waals surface area contributed by atoms with Gasteiger partial charge in [0.05, 0.1) is 17.3 Å². The molecule has 94 valence electrons. The molecule has 1 aromatic carbocycles. The molecule has 0 amide bonds. The van der Waals surface area contributed by atoms with E-state index in [9.17, 15) is 0 Å². The van der Waals surface area contributed by atoms with Gasteiger partial charge in [-0.2, -0.15) is 0 Å². The summed E-state index contributed by atoms with van der Waals surface area (Å²) >= 11 is 6.12. The maximum atomic E-state index is 6.12. The first-order chi connectivity index (χ1) is 8.58. The van der Waals surface area contributed by atoms with Gasteiger partial charge >= 0.3 is 0 Å². The summed E-state index contributed by atoms with van der Waals surface area (Å²) in [7, 11) is 2.02. The van der Waals surface area contributed by atoms with Crippen molar-refractivity contribution >= 4 is 23.1 Å². The zero-order valence-corrected chi connectivity index (χ0v) is 11.3. The first kappa shape index (κ1) is 12.7. The van der Waals surface area contributed by atoms with Gasteiger partial charge in [-0.05, 0) is 30.7 Å². The third-order valence-corrected chi connectivity index (χ3v) is 3.20. The average molecular weight is 262 g/mol. The van der Waals surface area contributed by atoms with Crippen LogP contribution in [0.5, 0.6) is 0 Å². The highest BCUT2D eigenvalue weighted by Crippen LogP contribution is 2.22. The van der Waals surface area contributed by atoms with Crippen molar-refractivity contribution in [2.45, 2.75) is 13.5 Å². The van der Waals surface area contributed by atoms with Crippen LogP contribution in [-0.2, 0) is 6.54 Å². The Bertz CT molecular complexity index is 554. The van der Waals surface area contributed by atoms with Gasteiger partial charge in [0.2, 0.25) is 0 Å². The number of nitrogen functional groups attached to an aromatic ring is 1. The molecule has 0 bridgehead atoms. The molecule has 0 aliphatic heterocycles. The van der Waals surface area contributed by atoms with Crippen molar-refractivity contribution in [3.05, 3.63) is 52.7 Å². The molecule has 0 atom stereocenters. The molecule has 0 unspecified atom stereocenters. The summed E-state index contributed by atoms with van der Waals surface area (Å²) < 4.78 is 0. The highest BCUT2D eigenvalue weighted by molar-refractivity contribution is 6.31. The molecule has 2 aromatic rings. The highest BCUT2D eigenvalue weighted by Gasteiger charge is 2.09. The number of rotatable bonds is 3. The molecule has 0 spiro atoms. The van der Waals surface area contributed by atoms with E-state index in [4.69, 9.17) is 17.3 Å². The molecule has 0 saturated carbocycles. The smallest absolute Gasteiger partial charge is 0.123 e. The second-order valence-corrected chi connectivity index (χ2v) is 4.71. The molecule has 3 nitrogen and oxygen atoms in total. The zero-order chi connectivity index (χ0) is 13.1. The molecule has 0 aliphatic carbocycles. The largest absolute Gasteiger partial charge is 0.384 e. The molecular weight excluding hydrogens is 246 g/mol. The minimum atomic E-state index is 0.493. The average Bonchev–Trinajstić information content (AvgIpc) is 2.34. The molecule has 0 fully saturated rings. The molecule has 4 heteroatoms. The molecule has 1 heterocycles. The van der Waals surface area contributed by atoms with Gasteiger partial charge in [0, 0.05) is 12.7 Å². The van der Waals surface area contributed by atoms with E-state index < -0.39 is 0 Å². The van der Waals surface area contributed by atoms with E-state index in [1.807, 2.05) is 19.2 Å². The van der Waals surface area contributed by atoms with Gasteiger partial charge in [-0.25, -0.2) is 4.98 Å². The van der Waals surface area contributed by atoms with Crippen molar-refractivity contribution in [1.82, 2.24) is 4.98 Å². The van der Waals surface area contributed by atoms with E-state index in [1.54, 1.807) is 12.1 Å². The Hall–Kier alpha value is -1.74. The van der Waals surface area contributed by atoms with Crippen LogP contribution in [0.1, 0.15) is 11.3 Å². The molecule has 0 aliphatic rings. The van der Waals surface area contributed by atoms with Crippen molar-refractivity contribution in [3.63, 3.8) is 0 Å². The molecule has 0 radical (unpaired) electrons. The van der Waals surface area contributed by atoms with Crippen molar-refractivity contribution in [3.8, 4) is 0 Å². The van der Waals surface area contributed by atoms with Crippen LogP contribution in [-0.4, -0.2) is 12.0 Å². The van der Waals surface area contributed by atoms with Crippen molar-refractivity contribution < 1.29 is 0 Å². The quantitative estimate of drug-likeness (QED) is 0.922. The van der Waals surface area contributed by atoms with Crippen LogP contribution in [0.2, 0.25) is 5.02 Å². The van der Waals surface area contributed by atoms with Crippen LogP contribution in [0.15, 0.2) is 36.4 Å². The summed E-state index contributed by atoms with van der Waals surface area (Å²) in [6.45, 7) is 2.72. The third kappa shape index (κ3) is 2.74. The Morgan fingerprint density at radius 1 is 1.22 bits per heavy atom. The number of para-hydroxylation sites is 1. The Balaban J connectivity index is 2.24. The molecule has 0 saturated heterocycles. The second kappa shape index (κ2) is 5.27. The molecule has 18 heavy (non-hydrogen) atoms. The Labute approximate surface area is 112 Å². The number of benzene rings is 1. The normalized spacial score (nSPS) is 10.4. The van der Waals surface area contributed by atoms with Gasteiger partial charge in [0.25, 0.3) is 0 Å². The number of hydrogen-bond acceptors (Lipinski definition) is 3. The van der Waals surface area contributed by atoms with Crippen LogP contribution < -0.4 is 10.6 Å². The van der Waals surface area contributed by atoms with E-state index in [0.29, 0.717) is 17.4 Å². The molecule has 2 N–H and O–H groups in total. The van der Waals surface area contributed by atoms with Crippen molar-refractivity contribution in [2.75, 3.05) is 17.7 Å². The fourth-order valence-corrected chi connectivity index (χ4v) is 2.08. The first-order valence-corrected chi connectivity index (χ1v) is 6.13. The Kier molecular flexibility index (Phi) is 3.72. The molecule has 1 aromatic heterocycles. The van der Waals surface area contributed by atoms with Crippen LogP contribution in [0.25, 0.3) is 0 Å². The summed E-state index contributed by atoms with van der Waals surface area (Å²) in [4.78, 5) is 6.39. The summed E-state index contributed by atoms with van der Waals surface area (Å²) in [6.07, 6.45) is 0. The minimum absolute atomic E-state index is 0.493. The van der Waals surface area contributed by atoms with E-state index in [2.05, 4.69) is 28.9 Å². The van der Waals surface area contributed by atoms with Gasteiger partial charge in [-0.3, -0.25) is 0 Å². The summed E-state index contributed by atoms with van der Waals surface area (Å²) in [5, 5.41) is 0.643. The van der Waals surface area contributed by atoms with Gasteiger partial charge in [0.1, 0.15) is 5.82 Å². The lowest BCUT2D eigenvalue weighted by Crippen LogP contribution is -2.18. The van der Waals surface area contributed by atoms with Gasteiger partial charge in [-0.1, -0.05) is 29.8 Å². The zero-order valence-electron chi connectivity index (χ0n) is 10.5. The van der Waals surface area contributed by atoms with E-state index in [1.165, 1.54) is 5.56 Å². The lowest BCUT2D eigenvalue weighted by Gasteiger charge is -2.21. The topological polar surface area (TPSA) is 42.2 Å². The van der Waals surface area contributed by atoms with Gasteiger partial charge in [0.15, 0.2) is 0 Å². The van der Waals surface area contributed by atoms with Crippen molar-refractivity contribution in [2.24, 2.45) is 0 Å². The lowest BCUT2D eigenvalue weighted by molar-refractivity contribution is 0.883. The molecular formula is C14H16ClN3. The number of pyridine rings is 1. The second-order valence-electron chi connectivity index (χ2n) is 4.31. The molecule has 2 rings (SSSR count). The first-order valence-electron chi connectivity index (χ1n) is 5.75. The van der Waals surface area contributed by atoms with Gasteiger partial charge < -0.3 is 10.6 Å². The van der Waals surface area contributed by atoms with Crippen LogP contribution in [0.4, 0.5) is 11.5 Å². The fraction of sp³-hybridized carbons (Fsp3) is 0.214. The summed E-state index contributed by atoms with van der Waals surface area (Å²) in [5.41, 5.74) is 8.86. The maximum Gasteiger partial charge on any atom is 0.123 e. The van der Waals surface area contributed by atoms with Crippen LogP contribution in [0.3, 0.4) is 0 Å². The fourth-order valence-electron chi connectivity index (χ4n) is 1.91. The minimum Gasteiger partial charge on any atom is -0.384 e. The monoisotopic (exact) mass is 261 g/mol. The lowest BCUT2D eigenvalue weighted by atomic mass is 10.2. The highest BCUT2D eigenvalue weighted by atomic mass is 35.5. The Morgan fingerprint density at radius 3 is 2.67 bits per heavy atom. The maximum absolute atomic E-state index is 6.12. The number of aryl methyl sites for hydroxylation is 1. The van der Waals surface area contributed by atoms with E-state index in [0.717, 1.165) is 11.4 Å². The number of nitrogens with zero attached hydrogens (tertiary/aromatic N) is 2. The Morgan fingerprint density at radius 2 is 1.94 bits per heavy atom. The summed E-state index contributed by atoms with van der Waals surface area (Å²) in [5.74, 6) is 0.493. The van der Waals surface area contributed by atoms with Crippen molar-refractivity contribution in [1.29, 1.82) is 0 Å². The number of hydrogen-bond donors (Lipinski definition) is 1. The van der Waals surface area contributed by atoms with Crippen LogP contribution >= 0.6 is 11.6 Å². The predicted molar refractivity (Wildman–Crippen MR) is 76.9 cm³/mol. The third-order valence-electron chi connectivity index (χ3n) is 2.85. The van der Waals surface area contributed by atoms with Gasteiger partial charge in [-0.15, -0.1) is 0 Å². The van der Waals surface area contributed by atoms with E-state index >= 15 is 0 Å². The van der Waals surface area contributed by atoms with E-state index in [-0.39, 0.29) is 0 Å². The van der Waals surface area contributed by atoms with Crippen LogP contribution in [0, 0.1) is 6.92 Å². The summed E-state index contributed by atoms with van der Waals surface area (Å²) in [6, 6.07) is 11.7. The SMILES string of the molecule is Cc1ccccc1N(C)Cc1nc(N)ccc1Cl. The number of anilines is 2. The number of nitrogens with two attached hydrogens (primary N) is 1. The predicted octanol–water partition coefficient (Wildman–Crippen LogP) is 3.26.